The zero-order valence-electron chi connectivity index (χ0n) is 9.60. The predicted molar refractivity (Wildman–Crippen MR) is 62.9 cm³/mol. The molecule has 0 amide bonds. The van der Waals surface area contributed by atoms with Gasteiger partial charge in [0.15, 0.2) is 5.78 Å². The third kappa shape index (κ3) is 2.51. The van der Waals surface area contributed by atoms with Crippen molar-refractivity contribution in [3.05, 3.63) is 59.4 Å². The van der Waals surface area contributed by atoms with E-state index in [0.29, 0.717) is 5.56 Å². The summed E-state index contributed by atoms with van der Waals surface area (Å²) in [5.74, 6) is -1.76. The van der Waals surface area contributed by atoms with Crippen molar-refractivity contribution in [2.24, 2.45) is 7.05 Å². The van der Waals surface area contributed by atoms with Gasteiger partial charge in [0, 0.05) is 18.8 Å². The molecule has 5 heteroatoms. The van der Waals surface area contributed by atoms with Gasteiger partial charge in [-0.25, -0.2) is 8.78 Å². The molecule has 1 aromatic heterocycles. The van der Waals surface area contributed by atoms with Crippen molar-refractivity contribution >= 4 is 11.9 Å². The van der Waals surface area contributed by atoms with Gasteiger partial charge in [0.2, 0.25) is 0 Å². The van der Waals surface area contributed by atoms with Crippen molar-refractivity contribution in [2.45, 2.75) is 0 Å². The summed E-state index contributed by atoms with van der Waals surface area (Å²) in [4.78, 5) is 11.7. The molecule has 0 N–H and O–H groups in total. The Bertz CT molecular complexity index is 597. The predicted octanol–water partition coefficient (Wildman–Crippen LogP) is 2.59. The van der Waals surface area contributed by atoms with Gasteiger partial charge in [-0.3, -0.25) is 9.48 Å². The summed E-state index contributed by atoms with van der Waals surface area (Å²) in [6.07, 6.45) is 5.17. The molecule has 0 unspecified atom stereocenters. The van der Waals surface area contributed by atoms with E-state index in [0.717, 1.165) is 24.3 Å². The Kier molecular flexibility index (Phi) is 3.32. The number of ketones is 1. The van der Waals surface area contributed by atoms with Gasteiger partial charge in [0.25, 0.3) is 0 Å². The second kappa shape index (κ2) is 4.91. The largest absolute Gasteiger partial charge is 0.289 e. The Hall–Kier alpha value is -2.30. The lowest BCUT2D eigenvalue weighted by atomic mass is 10.1. The molecule has 0 saturated heterocycles. The molecule has 1 heterocycles. The van der Waals surface area contributed by atoms with E-state index in [4.69, 9.17) is 0 Å². The van der Waals surface area contributed by atoms with Crippen molar-refractivity contribution in [1.29, 1.82) is 0 Å². The van der Waals surface area contributed by atoms with Gasteiger partial charge in [-0.2, -0.15) is 5.10 Å². The summed E-state index contributed by atoms with van der Waals surface area (Å²) in [5, 5.41) is 3.84. The van der Waals surface area contributed by atoms with Gasteiger partial charge in [0.05, 0.1) is 11.8 Å². The van der Waals surface area contributed by atoms with Gasteiger partial charge in [-0.1, -0.05) is 6.07 Å². The number of halogens is 2. The van der Waals surface area contributed by atoms with Crippen LogP contribution in [0.15, 0.2) is 36.7 Å². The maximum absolute atomic E-state index is 13.3. The molecule has 18 heavy (non-hydrogen) atoms. The summed E-state index contributed by atoms with van der Waals surface area (Å²) in [6, 6.07) is 3.54. The highest BCUT2D eigenvalue weighted by atomic mass is 19.1. The van der Waals surface area contributed by atoms with Gasteiger partial charge >= 0.3 is 0 Å². The first-order chi connectivity index (χ1) is 8.58. The van der Waals surface area contributed by atoms with Crippen molar-refractivity contribution in [3.8, 4) is 0 Å². The van der Waals surface area contributed by atoms with Gasteiger partial charge in [-0.05, 0) is 24.3 Å². The highest BCUT2D eigenvalue weighted by Crippen LogP contribution is 2.14. The second-order valence-electron chi connectivity index (χ2n) is 3.74. The number of hydrogen-bond acceptors (Lipinski definition) is 2. The Morgan fingerprint density at radius 2 is 2.00 bits per heavy atom. The number of hydrogen-bond donors (Lipinski definition) is 0. The molecule has 0 atom stereocenters. The Labute approximate surface area is 102 Å². The lowest BCUT2D eigenvalue weighted by Crippen LogP contribution is -1.93. The minimum atomic E-state index is -0.703. The lowest BCUT2D eigenvalue weighted by molar-refractivity contribution is 0.104. The molecular weight excluding hydrogens is 238 g/mol. The smallest absolute Gasteiger partial charge is 0.189 e. The summed E-state index contributed by atoms with van der Waals surface area (Å²) in [6.45, 7) is 0. The molecular formula is C13H10F2N2O. The first kappa shape index (κ1) is 12.2. The monoisotopic (exact) mass is 248 g/mol. The van der Waals surface area contributed by atoms with Gasteiger partial charge in [0.1, 0.15) is 11.6 Å². The SMILES string of the molecule is Cn1cc(C(=O)/C=C\c2c(F)cccc2F)cn1. The van der Waals surface area contributed by atoms with E-state index in [-0.39, 0.29) is 11.3 Å². The van der Waals surface area contributed by atoms with E-state index >= 15 is 0 Å². The number of allylic oxidation sites excluding steroid dienone is 1. The summed E-state index contributed by atoms with van der Waals surface area (Å²) < 4.78 is 28.1. The molecule has 92 valence electrons. The zero-order valence-corrected chi connectivity index (χ0v) is 9.60. The average Bonchev–Trinajstić information content (AvgIpc) is 2.75. The number of benzene rings is 1. The van der Waals surface area contributed by atoms with Crippen LogP contribution in [0.4, 0.5) is 8.78 Å². The first-order valence-corrected chi connectivity index (χ1v) is 5.23. The number of aryl methyl sites for hydroxylation is 1. The van der Waals surface area contributed by atoms with Crippen LogP contribution in [0.3, 0.4) is 0 Å². The maximum atomic E-state index is 13.3. The summed E-state index contributed by atoms with van der Waals surface area (Å²) in [5.41, 5.74) is 0.139. The highest BCUT2D eigenvalue weighted by Gasteiger charge is 2.07. The van der Waals surface area contributed by atoms with Crippen LogP contribution < -0.4 is 0 Å². The normalized spacial score (nSPS) is 11.1. The van der Waals surface area contributed by atoms with E-state index < -0.39 is 11.6 Å². The minimum absolute atomic E-state index is 0.227. The lowest BCUT2D eigenvalue weighted by Gasteiger charge is -1.97. The van der Waals surface area contributed by atoms with Crippen molar-refractivity contribution in [2.75, 3.05) is 0 Å². The van der Waals surface area contributed by atoms with Crippen LogP contribution in [-0.4, -0.2) is 15.6 Å². The van der Waals surface area contributed by atoms with Crippen LogP contribution in [0, 0.1) is 11.6 Å². The van der Waals surface area contributed by atoms with Crippen LogP contribution >= 0.6 is 0 Å². The topological polar surface area (TPSA) is 34.9 Å². The average molecular weight is 248 g/mol. The van der Waals surface area contributed by atoms with E-state index in [9.17, 15) is 13.6 Å². The Balaban J connectivity index is 2.24. The van der Waals surface area contributed by atoms with E-state index in [1.807, 2.05) is 0 Å². The third-order valence-electron chi connectivity index (χ3n) is 2.39. The number of nitrogens with zero attached hydrogens (tertiary/aromatic N) is 2. The molecule has 0 bridgehead atoms. The van der Waals surface area contributed by atoms with E-state index in [1.54, 1.807) is 7.05 Å². The molecule has 0 fully saturated rings. The van der Waals surface area contributed by atoms with E-state index in [1.165, 1.54) is 23.1 Å². The number of carbonyl (C=O) groups excluding carboxylic acids is 1. The molecule has 0 saturated carbocycles. The quantitative estimate of drug-likeness (QED) is 0.618. The molecule has 1 aromatic carbocycles. The van der Waals surface area contributed by atoms with Crippen LogP contribution in [0.25, 0.3) is 6.08 Å². The summed E-state index contributed by atoms with van der Waals surface area (Å²) in [7, 11) is 1.68. The third-order valence-corrected chi connectivity index (χ3v) is 2.39. The number of aromatic nitrogens is 2. The first-order valence-electron chi connectivity index (χ1n) is 5.23. The molecule has 2 rings (SSSR count). The Morgan fingerprint density at radius 1 is 1.33 bits per heavy atom. The van der Waals surface area contributed by atoms with Crippen molar-refractivity contribution in [3.63, 3.8) is 0 Å². The molecule has 2 aromatic rings. The fourth-order valence-electron chi connectivity index (χ4n) is 1.47. The molecule has 0 aliphatic carbocycles. The van der Waals surface area contributed by atoms with Crippen LogP contribution in [0.2, 0.25) is 0 Å². The fourth-order valence-corrected chi connectivity index (χ4v) is 1.47. The van der Waals surface area contributed by atoms with Crippen molar-refractivity contribution in [1.82, 2.24) is 9.78 Å². The Morgan fingerprint density at radius 3 is 2.56 bits per heavy atom. The molecule has 3 nitrogen and oxygen atoms in total. The maximum Gasteiger partial charge on any atom is 0.189 e. The second-order valence-corrected chi connectivity index (χ2v) is 3.74. The fraction of sp³-hybridized carbons (Fsp3) is 0.0769. The van der Waals surface area contributed by atoms with Gasteiger partial charge in [-0.15, -0.1) is 0 Å². The highest BCUT2D eigenvalue weighted by molar-refractivity contribution is 6.06. The summed E-state index contributed by atoms with van der Waals surface area (Å²) >= 11 is 0. The van der Waals surface area contributed by atoms with Crippen molar-refractivity contribution < 1.29 is 13.6 Å². The van der Waals surface area contributed by atoms with Crippen LogP contribution in [0.5, 0.6) is 0 Å². The molecule has 0 aliphatic rings. The van der Waals surface area contributed by atoms with E-state index in [2.05, 4.69) is 5.10 Å². The van der Waals surface area contributed by atoms with Crippen LogP contribution in [0.1, 0.15) is 15.9 Å². The molecule has 0 spiro atoms. The number of rotatable bonds is 3. The van der Waals surface area contributed by atoms with Gasteiger partial charge < -0.3 is 0 Å². The minimum Gasteiger partial charge on any atom is -0.289 e. The molecule has 0 aliphatic heterocycles. The zero-order chi connectivity index (χ0) is 13.1. The standard InChI is InChI=1S/C13H10F2N2O/c1-17-8-9(7-16-17)13(18)6-5-10-11(14)3-2-4-12(10)15/h2-8H,1H3/b6-5-. The number of carbonyl (C=O) groups is 1. The molecule has 0 radical (unpaired) electrons. The van der Waals surface area contributed by atoms with Crippen LogP contribution in [-0.2, 0) is 7.05 Å².